The maximum absolute atomic E-state index is 14.2. The van der Waals surface area contributed by atoms with Gasteiger partial charge in [0.05, 0.1) is 0 Å². The van der Waals surface area contributed by atoms with Gasteiger partial charge < -0.3 is 5.11 Å². The van der Waals surface area contributed by atoms with E-state index in [1.165, 1.54) is 6.92 Å². The molecule has 0 fully saturated rings. The van der Waals surface area contributed by atoms with E-state index < -0.39 is 80.5 Å². The lowest BCUT2D eigenvalue weighted by atomic mass is 9.91. The van der Waals surface area contributed by atoms with Gasteiger partial charge in [-0.3, -0.25) is 0 Å². The minimum atomic E-state index is -8.89. The minimum Gasteiger partial charge on any atom is -0.377 e. The summed E-state index contributed by atoms with van der Waals surface area (Å²) in [4.78, 5) is 0. The van der Waals surface area contributed by atoms with Crippen molar-refractivity contribution in [1.29, 1.82) is 0 Å². The molecule has 0 spiro atoms. The molecule has 1 unspecified atom stereocenters. The number of nitrogens with zero attached hydrogens (tertiary/aromatic N) is 1. The van der Waals surface area contributed by atoms with Crippen molar-refractivity contribution in [3.8, 4) is 0 Å². The van der Waals surface area contributed by atoms with Crippen molar-refractivity contribution >= 4 is 10.0 Å². The van der Waals surface area contributed by atoms with Gasteiger partial charge in [0.1, 0.15) is 6.23 Å². The van der Waals surface area contributed by atoms with E-state index in [0.717, 1.165) is 0 Å². The Kier molecular flexibility index (Phi) is 10.2. The normalized spacial score (nSPS) is 16.8. The van der Waals surface area contributed by atoms with Crippen LogP contribution in [0.5, 0.6) is 0 Å². The van der Waals surface area contributed by atoms with E-state index in [1.54, 1.807) is 0 Å². The highest BCUT2D eigenvalue weighted by atomic mass is 32.2. The third-order valence-electron chi connectivity index (χ3n) is 5.04. The fourth-order valence-electron chi connectivity index (χ4n) is 2.72. The van der Waals surface area contributed by atoms with Gasteiger partial charge in [-0.25, -0.2) is 8.42 Å². The maximum atomic E-state index is 14.2. The number of aliphatic hydroxyl groups is 1. The van der Waals surface area contributed by atoms with Crippen LogP contribution in [-0.4, -0.2) is 77.6 Å². The summed E-state index contributed by atoms with van der Waals surface area (Å²) in [5.41, 5.74) is 0. The number of unbranched alkanes of at least 4 members (excludes halogenated alkanes) is 2. The smallest absolute Gasteiger partial charge is 0.377 e. The average molecular weight is 627 g/mol. The Balaban J connectivity index is 6.92. The number of rotatable bonds is 14. The number of aliphatic hydroxyl groups excluding tert-OH is 1. The van der Waals surface area contributed by atoms with E-state index in [4.69, 9.17) is 0 Å². The molecule has 0 aliphatic heterocycles. The molecule has 0 aromatic carbocycles. The largest absolute Gasteiger partial charge is 0.460 e. The van der Waals surface area contributed by atoms with Crippen LogP contribution in [0.2, 0.25) is 0 Å². The monoisotopic (exact) mass is 627 g/mol. The summed E-state index contributed by atoms with van der Waals surface area (Å²) in [7, 11) is -7.49. The summed E-state index contributed by atoms with van der Waals surface area (Å²) >= 11 is 0. The third-order valence-corrected chi connectivity index (χ3v) is 7.06. The molecular formula is C16H18F17NO3S. The first-order chi connectivity index (χ1) is 16.4. The van der Waals surface area contributed by atoms with E-state index in [-0.39, 0.29) is 12.8 Å². The van der Waals surface area contributed by atoms with E-state index in [1.807, 2.05) is 0 Å². The Morgan fingerprint density at radius 3 is 1.26 bits per heavy atom. The molecule has 0 amide bonds. The van der Waals surface area contributed by atoms with E-state index >= 15 is 0 Å². The van der Waals surface area contributed by atoms with Crippen molar-refractivity contribution in [3.05, 3.63) is 0 Å². The summed E-state index contributed by atoms with van der Waals surface area (Å²) in [6.45, 7) is 0.548. The van der Waals surface area contributed by atoms with Gasteiger partial charge in [0.2, 0.25) is 0 Å². The van der Waals surface area contributed by atoms with Gasteiger partial charge in [0.25, 0.3) is 10.0 Å². The van der Waals surface area contributed by atoms with Gasteiger partial charge in [0.15, 0.2) is 0 Å². The van der Waals surface area contributed by atoms with Gasteiger partial charge in [0, 0.05) is 6.54 Å². The van der Waals surface area contributed by atoms with Crippen LogP contribution in [0.3, 0.4) is 0 Å². The van der Waals surface area contributed by atoms with Crippen LogP contribution in [0, 0.1) is 0 Å². The molecule has 0 radical (unpaired) electrons. The molecule has 0 bridgehead atoms. The van der Waals surface area contributed by atoms with Gasteiger partial charge in [-0.15, -0.1) is 0 Å². The van der Waals surface area contributed by atoms with Crippen molar-refractivity contribution in [1.82, 2.24) is 4.31 Å². The first-order valence-electron chi connectivity index (χ1n) is 9.84. The molecule has 0 heterocycles. The first-order valence-corrected chi connectivity index (χ1v) is 11.3. The molecule has 0 aromatic heterocycles. The van der Waals surface area contributed by atoms with Gasteiger partial charge in [-0.05, 0) is 12.8 Å². The highest BCUT2D eigenvalue weighted by molar-refractivity contribution is 7.90. The number of hydrogen-bond acceptors (Lipinski definition) is 3. The predicted molar refractivity (Wildman–Crippen MR) is 92.1 cm³/mol. The average Bonchev–Trinajstić information content (AvgIpc) is 2.72. The van der Waals surface area contributed by atoms with Crippen LogP contribution in [0.1, 0.15) is 39.5 Å². The second-order valence-corrected chi connectivity index (χ2v) is 9.58. The predicted octanol–water partition coefficient (Wildman–Crippen LogP) is 6.50. The van der Waals surface area contributed by atoms with E-state index in [2.05, 4.69) is 0 Å². The first kappa shape index (κ1) is 36.7. The van der Waals surface area contributed by atoms with Crippen LogP contribution in [0.4, 0.5) is 74.6 Å². The molecule has 0 rings (SSSR count). The summed E-state index contributed by atoms with van der Waals surface area (Å²) in [6.07, 6.45) is -11.2. The quantitative estimate of drug-likeness (QED) is 0.136. The molecule has 38 heavy (non-hydrogen) atoms. The van der Waals surface area contributed by atoms with Crippen LogP contribution >= 0.6 is 0 Å². The van der Waals surface area contributed by atoms with Crippen LogP contribution in [0.25, 0.3) is 0 Å². The molecule has 0 saturated heterocycles. The molecule has 0 aliphatic rings. The van der Waals surface area contributed by atoms with E-state index in [9.17, 15) is 88.2 Å². The van der Waals surface area contributed by atoms with Crippen LogP contribution in [0.15, 0.2) is 0 Å². The lowest BCUT2D eigenvalue weighted by Crippen LogP contribution is -2.75. The number of halogens is 17. The zero-order chi connectivity index (χ0) is 31.2. The molecule has 0 aliphatic carbocycles. The van der Waals surface area contributed by atoms with Gasteiger partial charge in [-0.1, -0.05) is 26.7 Å². The minimum absolute atomic E-state index is 0.136. The summed E-state index contributed by atoms with van der Waals surface area (Å²) < 4.78 is 250. The Labute approximate surface area is 202 Å². The van der Waals surface area contributed by atoms with Crippen molar-refractivity contribution < 1.29 is 88.2 Å². The summed E-state index contributed by atoms with van der Waals surface area (Å²) in [5, 5.41) is 2.01. The van der Waals surface area contributed by atoms with Crippen molar-refractivity contribution in [2.45, 2.75) is 92.7 Å². The fourth-order valence-corrected chi connectivity index (χ4v) is 4.23. The second-order valence-electron chi connectivity index (χ2n) is 7.65. The summed E-state index contributed by atoms with van der Waals surface area (Å²) in [6, 6.07) is 0. The van der Waals surface area contributed by atoms with Crippen molar-refractivity contribution in [3.63, 3.8) is 0 Å². The van der Waals surface area contributed by atoms with Crippen molar-refractivity contribution in [2.24, 2.45) is 0 Å². The molecule has 230 valence electrons. The molecule has 0 aromatic rings. The lowest BCUT2D eigenvalue weighted by Gasteiger charge is -2.43. The van der Waals surface area contributed by atoms with Crippen molar-refractivity contribution in [2.75, 3.05) is 6.54 Å². The van der Waals surface area contributed by atoms with Gasteiger partial charge >= 0.3 is 47.0 Å². The Hall–Kier alpha value is -1.32. The SMILES string of the molecule is CCCCCC(O)N(CC)S(=O)(=O)C(F)(F)C(F)(F)C(F)(F)C(F)(F)C(F)(F)C(F)(F)C(F)(F)C(F)(F)F. The molecule has 4 nitrogen and oxygen atoms in total. The highest BCUT2D eigenvalue weighted by Gasteiger charge is 2.96. The molecule has 22 heteroatoms. The Morgan fingerprint density at radius 2 is 0.947 bits per heavy atom. The molecular weight excluding hydrogens is 609 g/mol. The number of sulfonamides is 1. The highest BCUT2D eigenvalue weighted by Crippen LogP contribution is 2.64. The topological polar surface area (TPSA) is 57.6 Å². The Bertz CT molecular complexity index is 917. The van der Waals surface area contributed by atoms with Crippen LogP contribution < -0.4 is 0 Å². The van der Waals surface area contributed by atoms with E-state index in [0.29, 0.717) is 13.3 Å². The standard InChI is InChI=1S/C16H18F17NO3S/c1-3-5-6-7-8(35)34(4-2)38(36,37)16(32,33)14(27,28)12(23,24)10(19,20)9(17,18)11(21,22)13(25,26)15(29,30)31/h8,35H,3-7H2,1-2H3. The number of hydrogen-bond donors (Lipinski definition) is 1. The molecule has 1 N–H and O–H groups in total. The summed E-state index contributed by atoms with van der Waals surface area (Å²) in [5.74, 6) is -51.9. The molecule has 1 atom stereocenters. The van der Waals surface area contributed by atoms with Gasteiger partial charge in [-0.2, -0.15) is 78.9 Å². The molecule has 0 saturated carbocycles. The second kappa shape index (κ2) is 10.6. The zero-order valence-corrected chi connectivity index (χ0v) is 19.5. The zero-order valence-electron chi connectivity index (χ0n) is 18.7. The Morgan fingerprint density at radius 1 is 0.605 bits per heavy atom. The van der Waals surface area contributed by atoms with Crippen LogP contribution in [-0.2, 0) is 10.0 Å². The third kappa shape index (κ3) is 5.12. The lowest BCUT2D eigenvalue weighted by molar-refractivity contribution is -0.458. The number of alkyl halides is 17. The fraction of sp³-hybridized carbons (Fsp3) is 1.00. The maximum Gasteiger partial charge on any atom is 0.460 e.